The van der Waals surface area contributed by atoms with E-state index in [1.54, 1.807) is 0 Å². The van der Waals surface area contributed by atoms with Gasteiger partial charge < -0.3 is 14.7 Å². The fourth-order valence-corrected chi connectivity index (χ4v) is 4.45. The lowest BCUT2D eigenvalue weighted by Crippen LogP contribution is -2.32. The zero-order chi connectivity index (χ0) is 18.9. The van der Waals surface area contributed by atoms with Gasteiger partial charge in [-0.25, -0.2) is 4.98 Å². The lowest BCUT2D eigenvalue weighted by atomic mass is 9.91. The SMILES string of the molecule is CC1(C)CCc2c(c3ccccc3c3[nH]c(-c4c[nH]c5ccccc45)nc23)O1. The zero-order valence-electron chi connectivity index (χ0n) is 16.0. The molecule has 0 fully saturated rings. The minimum atomic E-state index is -0.153. The summed E-state index contributed by atoms with van der Waals surface area (Å²) in [4.78, 5) is 12.0. The molecule has 0 amide bonds. The van der Waals surface area contributed by atoms with E-state index in [0.717, 1.165) is 57.3 Å². The average Bonchev–Trinajstić information content (AvgIpc) is 3.32. The highest BCUT2D eigenvalue weighted by Gasteiger charge is 2.31. The smallest absolute Gasteiger partial charge is 0.140 e. The van der Waals surface area contributed by atoms with Crippen LogP contribution in [0, 0.1) is 0 Å². The molecule has 5 aromatic rings. The van der Waals surface area contributed by atoms with Crippen LogP contribution in [0.25, 0.3) is 44.1 Å². The predicted octanol–water partition coefficient (Wildman–Crippen LogP) is 5.97. The minimum Gasteiger partial charge on any atom is -0.487 e. The molecule has 2 N–H and O–H groups in total. The number of nitrogens with one attached hydrogen (secondary N) is 2. The Labute approximate surface area is 162 Å². The molecule has 0 bridgehead atoms. The van der Waals surface area contributed by atoms with Crippen molar-refractivity contribution in [3.63, 3.8) is 0 Å². The van der Waals surface area contributed by atoms with Crippen molar-refractivity contribution < 1.29 is 4.74 Å². The van der Waals surface area contributed by atoms with Crippen LogP contribution >= 0.6 is 0 Å². The molecule has 1 aliphatic heterocycles. The van der Waals surface area contributed by atoms with E-state index >= 15 is 0 Å². The molecule has 0 atom stereocenters. The second-order valence-corrected chi connectivity index (χ2v) is 8.27. The molecule has 4 heteroatoms. The van der Waals surface area contributed by atoms with Gasteiger partial charge in [-0.1, -0.05) is 42.5 Å². The molecule has 3 aromatic carbocycles. The van der Waals surface area contributed by atoms with Gasteiger partial charge in [-0.2, -0.15) is 0 Å². The van der Waals surface area contributed by atoms with Crippen LogP contribution in [0.3, 0.4) is 0 Å². The number of H-pyrrole nitrogens is 2. The Kier molecular flexibility index (Phi) is 3.03. The Morgan fingerprint density at radius 3 is 2.57 bits per heavy atom. The zero-order valence-corrected chi connectivity index (χ0v) is 16.0. The molecular formula is C24H21N3O. The Morgan fingerprint density at radius 2 is 1.71 bits per heavy atom. The molecule has 4 nitrogen and oxygen atoms in total. The molecule has 28 heavy (non-hydrogen) atoms. The second-order valence-electron chi connectivity index (χ2n) is 8.27. The highest BCUT2D eigenvalue weighted by Crippen LogP contribution is 2.44. The number of aryl methyl sites for hydroxylation is 1. The lowest BCUT2D eigenvalue weighted by molar-refractivity contribution is 0.0873. The van der Waals surface area contributed by atoms with Gasteiger partial charge >= 0.3 is 0 Å². The van der Waals surface area contributed by atoms with Crippen LogP contribution in [0.5, 0.6) is 5.75 Å². The van der Waals surface area contributed by atoms with Crippen molar-refractivity contribution in [3.05, 3.63) is 60.3 Å². The first-order valence-corrected chi connectivity index (χ1v) is 9.79. The summed E-state index contributed by atoms with van der Waals surface area (Å²) < 4.78 is 6.45. The van der Waals surface area contributed by atoms with Crippen molar-refractivity contribution in [2.75, 3.05) is 0 Å². The van der Waals surface area contributed by atoms with Crippen LogP contribution in [0.15, 0.2) is 54.7 Å². The van der Waals surface area contributed by atoms with Crippen LogP contribution in [0.4, 0.5) is 0 Å². The van der Waals surface area contributed by atoms with Crippen molar-refractivity contribution in [2.45, 2.75) is 32.3 Å². The summed E-state index contributed by atoms with van der Waals surface area (Å²) in [6, 6.07) is 16.8. The standard InChI is InChI=1S/C24H21N3O/c1-24(2)12-11-17-21-20(15-8-3-4-9-16(15)22(17)28-24)26-23(27-21)18-13-25-19-10-6-5-7-14(18)19/h3-10,13,25H,11-12H2,1-2H3,(H,26,27). The van der Waals surface area contributed by atoms with Gasteiger partial charge in [0.15, 0.2) is 0 Å². The number of fused-ring (bicyclic) bond motifs is 7. The fraction of sp³-hybridized carbons (Fsp3) is 0.208. The van der Waals surface area contributed by atoms with Crippen LogP contribution in [0.1, 0.15) is 25.8 Å². The van der Waals surface area contributed by atoms with Gasteiger partial charge in [-0.3, -0.25) is 0 Å². The number of aromatic nitrogens is 3. The predicted molar refractivity (Wildman–Crippen MR) is 114 cm³/mol. The number of aromatic amines is 2. The van der Waals surface area contributed by atoms with Crippen molar-refractivity contribution in [1.29, 1.82) is 0 Å². The van der Waals surface area contributed by atoms with E-state index in [2.05, 4.69) is 66.3 Å². The highest BCUT2D eigenvalue weighted by molar-refractivity contribution is 6.10. The Hall–Kier alpha value is -3.27. The summed E-state index contributed by atoms with van der Waals surface area (Å²) in [7, 11) is 0. The summed E-state index contributed by atoms with van der Waals surface area (Å²) in [5.74, 6) is 1.90. The maximum Gasteiger partial charge on any atom is 0.140 e. The molecule has 0 unspecified atom stereocenters. The van der Waals surface area contributed by atoms with Gasteiger partial charge in [0.1, 0.15) is 17.2 Å². The normalized spacial score (nSPS) is 15.8. The van der Waals surface area contributed by atoms with Gasteiger partial charge in [0.2, 0.25) is 0 Å². The first kappa shape index (κ1) is 15.8. The molecule has 0 saturated heterocycles. The van der Waals surface area contributed by atoms with Crippen LogP contribution < -0.4 is 4.74 Å². The monoisotopic (exact) mass is 367 g/mol. The van der Waals surface area contributed by atoms with E-state index < -0.39 is 0 Å². The minimum absolute atomic E-state index is 0.153. The summed E-state index contributed by atoms with van der Waals surface area (Å²) >= 11 is 0. The van der Waals surface area contributed by atoms with E-state index in [9.17, 15) is 0 Å². The number of para-hydroxylation sites is 1. The van der Waals surface area contributed by atoms with Crippen molar-refractivity contribution in [2.24, 2.45) is 0 Å². The quantitative estimate of drug-likeness (QED) is 0.384. The maximum atomic E-state index is 6.45. The van der Waals surface area contributed by atoms with E-state index in [1.807, 2.05) is 12.3 Å². The second kappa shape index (κ2) is 5.38. The van der Waals surface area contributed by atoms with E-state index in [-0.39, 0.29) is 5.60 Å². The largest absolute Gasteiger partial charge is 0.487 e. The third-order valence-electron chi connectivity index (χ3n) is 5.90. The molecule has 0 spiro atoms. The third kappa shape index (κ3) is 2.15. The van der Waals surface area contributed by atoms with Crippen LogP contribution in [-0.2, 0) is 6.42 Å². The molecule has 0 aliphatic carbocycles. The highest BCUT2D eigenvalue weighted by atomic mass is 16.5. The Balaban J connectivity index is 1.69. The van der Waals surface area contributed by atoms with Gasteiger partial charge in [0, 0.05) is 39.0 Å². The topological polar surface area (TPSA) is 53.7 Å². The molecule has 138 valence electrons. The maximum absolute atomic E-state index is 6.45. The molecule has 0 radical (unpaired) electrons. The molecule has 0 saturated carbocycles. The van der Waals surface area contributed by atoms with E-state index in [1.165, 1.54) is 10.9 Å². The Morgan fingerprint density at radius 1 is 0.964 bits per heavy atom. The van der Waals surface area contributed by atoms with Gasteiger partial charge in [0.05, 0.1) is 11.0 Å². The summed E-state index contributed by atoms with van der Waals surface area (Å²) in [6.07, 6.45) is 4.00. The van der Waals surface area contributed by atoms with Gasteiger partial charge in [-0.05, 0) is 32.8 Å². The van der Waals surface area contributed by atoms with Crippen molar-refractivity contribution >= 4 is 32.7 Å². The summed E-state index contributed by atoms with van der Waals surface area (Å²) in [6.45, 7) is 4.33. The fourth-order valence-electron chi connectivity index (χ4n) is 4.45. The first-order valence-electron chi connectivity index (χ1n) is 9.79. The van der Waals surface area contributed by atoms with E-state index in [4.69, 9.17) is 9.72 Å². The first-order chi connectivity index (χ1) is 13.6. The van der Waals surface area contributed by atoms with Gasteiger partial charge in [0.25, 0.3) is 0 Å². The number of imidazole rings is 1. The molecule has 1 aliphatic rings. The Bertz CT molecular complexity index is 1370. The number of nitrogens with zero attached hydrogens (tertiary/aromatic N) is 1. The van der Waals surface area contributed by atoms with Crippen LogP contribution in [-0.4, -0.2) is 20.6 Å². The molecular weight excluding hydrogens is 346 g/mol. The van der Waals surface area contributed by atoms with Crippen LogP contribution in [0.2, 0.25) is 0 Å². The summed E-state index contributed by atoms with van der Waals surface area (Å²) in [5, 5.41) is 3.50. The number of benzene rings is 3. The number of hydrogen-bond donors (Lipinski definition) is 2. The summed E-state index contributed by atoms with van der Waals surface area (Å²) in [5.41, 5.74) is 5.41. The molecule has 3 heterocycles. The average molecular weight is 367 g/mol. The van der Waals surface area contributed by atoms with Crippen molar-refractivity contribution in [3.8, 4) is 17.1 Å². The van der Waals surface area contributed by atoms with E-state index in [0.29, 0.717) is 0 Å². The molecule has 6 rings (SSSR count). The number of hydrogen-bond acceptors (Lipinski definition) is 2. The lowest BCUT2D eigenvalue weighted by Gasteiger charge is -2.33. The third-order valence-corrected chi connectivity index (χ3v) is 5.90. The number of rotatable bonds is 1. The van der Waals surface area contributed by atoms with Crippen molar-refractivity contribution in [1.82, 2.24) is 15.0 Å². The molecule has 2 aromatic heterocycles. The number of ether oxygens (including phenoxy) is 1. The van der Waals surface area contributed by atoms with Gasteiger partial charge in [-0.15, -0.1) is 0 Å².